The van der Waals surface area contributed by atoms with Crippen molar-refractivity contribution in [1.82, 2.24) is 19.7 Å². The van der Waals surface area contributed by atoms with Crippen molar-refractivity contribution in [2.75, 3.05) is 31.2 Å². The van der Waals surface area contributed by atoms with Gasteiger partial charge in [-0.3, -0.25) is 9.36 Å². The fourth-order valence-corrected chi connectivity index (χ4v) is 4.31. The van der Waals surface area contributed by atoms with Gasteiger partial charge in [0.2, 0.25) is 0 Å². The Morgan fingerprint density at radius 1 is 1.19 bits per heavy atom. The molecule has 0 aliphatic carbocycles. The lowest BCUT2D eigenvalue weighted by molar-refractivity contribution is 0.0931. The van der Waals surface area contributed by atoms with E-state index >= 15 is 0 Å². The third-order valence-electron chi connectivity index (χ3n) is 6.17. The Hall–Kier alpha value is -2.61. The first-order chi connectivity index (χ1) is 15.0. The number of hydrogen-bond donors (Lipinski definition) is 1. The van der Waals surface area contributed by atoms with Gasteiger partial charge < -0.3 is 15.0 Å². The van der Waals surface area contributed by atoms with Crippen LogP contribution in [-0.2, 0) is 24.2 Å². The second-order valence-corrected chi connectivity index (χ2v) is 8.87. The number of fused-ring (bicyclic) bond motifs is 1. The zero-order valence-electron chi connectivity index (χ0n) is 18.5. The number of hydrogen-bond acceptors (Lipinski definition) is 5. The van der Waals surface area contributed by atoms with Crippen LogP contribution in [0.25, 0.3) is 0 Å². The van der Waals surface area contributed by atoms with Crippen LogP contribution in [0.1, 0.15) is 49.3 Å². The minimum atomic E-state index is -0.0547. The molecule has 3 heterocycles. The Kier molecular flexibility index (Phi) is 6.75. The van der Waals surface area contributed by atoms with Gasteiger partial charge in [-0.2, -0.15) is 5.10 Å². The number of benzene rings is 1. The van der Waals surface area contributed by atoms with Crippen LogP contribution in [0.2, 0.25) is 0 Å². The Morgan fingerprint density at radius 3 is 2.74 bits per heavy atom. The standard InChI is InChI=1S/C23H33N5O3/c1-17(2)9-12-28-23(30)27-11-10-18(7-8-21(27)25-28)24-22(29)19-5-3-4-6-20(19)26-13-15-31-16-14-26/h3-6,17-18H,7-16H2,1-2H3,(H,24,29). The molecular weight excluding hydrogens is 394 g/mol. The quantitative estimate of drug-likeness (QED) is 0.763. The molecule has 1 atom stereocenters. The molecule has 1 amide bonds. The first-order valence-corrected chi connectivity index (χ1v) is 11.4. The van der Waals surface area contributed by atoms with Gasteiger partial charge >= 0.3 is 5.69 Å². The molecule has 0 spiro atoms. The highest BCUT2D eigenvalue weighted by molar-refractivity contribution is 6.00. The van der Waals surface area contributed by atoms with Crippen molar-refractivity contribution >= 4 is 11.6 Å². The van der Waals surface area contributed by atoms with Crippen molar-refractivity contribution in [2.45, 2.75) is 58.7 Å². The van der Waals surface area contributed by atoms with Gasteiger partial charge in [-0.15, -0.1) is 0 Å². The third kappa shape index (κ3) is 5.01. The molecule has 0 radical (unpaired) electrons. The van der Waals surface area contributed by atoms with Crippen molar-refractivity contribution < 1.29 is 9.53 Å². The Morgan fingerprint density at radius 2 is 1.97 bits per heavy atom. The summed E-state index contributed by atoms with van der Waals surface area (Å²) in [4.78, 5) is 28.0. The number of morpholine rings is 1. The molecule has 1 saturated heterocycles. The van der Waals surface area contributed by atoms with Crippen LogP contribution in [-0.4, -0.2) is 52.6 Å². The van der Waals surface area contributed by atoms with Gasteiger partial charge in [0.15, 0.2) is 0 Å². The largest absolute Gasteiger partial charge is 0.378 e. The molecule has 168 valence electrons. The van der Waals surface area contributed by atoms with E-state index in [4.69, 9.17) is 4.74 Å². The van der Waals surface area contributed by atoms with E-state index in [1.807, 2.05) is 24.3 Å². The molecule has 1 N–H and O–H groups in total. The Bertz CT molecular complexity index is 958. The van der Waals surface area contributed by atoms with Gasteiger partial charge in [-0.1, -0.05) is 26.0 Å². The summed E-state index contributed by atoms with van der Waals surface area (Å²) in [6.07, 6.45) is 3.15. The highest BCUT2D eigenvalue weighted by Crippen LogP contribution is 2.22. The number of nitrogens with one attached hydrogen (secondary N) is 1. The highest BCUT2D eigenvalue weighted by Gasteiger charge is 2.24. The maximum Gasteiger partial charge on any atom is 0.345 e. The number of para-hydroxylation sites is 1. The van der Waals surface area contributed by atoms with E-state index < -0.39 is 0 Å². The molecule has 2 aliphatic heterocycles. The first kappa shape index (κ1) is 21.6. The normalized spacial score (nSPS) is 19.2. The van der Waals surface area contributed by atoms with E-state index in [0.29, 0.717) is 44.2 Å². The summed E-state index contributed by atoms with van der Waals surface area (Å²) < 4.78 is 8.84. The molecule has 1 aromatic heterocycles. The summed E-state index contributed by atoms with van der Waals surface area (Å²) in [5, 5.41) is 7.77. The van der Waals surface area contributed by atoms with E-state index in [2.05, 4.69) is 29.2 Å². The minimum Gasteiger partial charge on any atom is -0.378 e. The molecule has 1 aromatic carbocycles. The number of amides is 1. The lowest BCUT2D eigenvalue weighted by atomic mass is 10.1. The molecule has 1 fully saturated rings. The summed E-state index contributed by atoms with van der Waals surface area (Å²) in [5.74, 6) is 1.31. The number of rotatable bonds is 6. The maximum atomic E-state index is 13.1. The second kappa shape index (κ2) is 9.68. The number of carbonyl (C=O) groups is 1. The van der Waals surface area contributed by atoms with Gasteiger partial charge in [0.1, 0.15) is 5.82 Å². The smallest absolute Gasteiger partial charge is 0.345 e. The summed E-state index contributed by atoms with van der Waals surface area (Å²) >= 11 is 0. The van der Waals surface area contributed by atoms with Crippen molar-refractivity contribution in [3.05, 3.63) is 46.1 Å². The van der Waals surface area contributed by atoms with E-state index in [9.17, 15) is 9.59 Å². The SMILES string of the molecule is CC(C)CCn1nc2n(c1=O)CCC(NC(=O)c1ccccc1N1CCOCC1)CC2. The van der Waals surface area contributed by atoms with Gasteiger partial charge in [0, 0.05) is 44.3 Å². The van der Waals surface area contributed by atoms with Gasteiger partial charge in [-0.25, -0.2) is 9.48 Å². The van der Waals surface area contributed by atoms with Crippen LogP contribution >= 0.6 is 0 Å². The Labute approximate surface area is 183 Å². The van der Waals surface area contributed by atoms with Gasteiger partial charge in [0.05, 0.1) is 18.8 Å². The van der Waals surface area contributed by atoms with Crippen LogP contribution in [0.4, 0.5) is 5.69 Å². The average Bonchev–Trinajstić information content (AvgIpc) is 2.95. The van der Waals surface area contributed by atoms with Gasteiger partial charge in [-0.05, 0) is 37.3 Å². The van der Waals surface area contributed by atoms with E-state index in [-0.39, 0.29) is 17.6 Å². The zero-order chi connectivity index (χ0) is 21.8. The fraction of sp³-hybridized carbons (Fsp3) is 0.609. The van der Waals surface area contributed by atoms with Crippen LogP contribution < -0.4 is 15.9 Å². The molecular formula is C23H33N5O3. The molecule has 8 heteroatoms. The lowest BCUT2D eigenvalue weighted by Crippen LogP contribution is -2.39. The lowest BCUT2D eigenvalue weighted by Gasteiger charge is -2.30. The fourth-order valence-electron chi connectivity index (χ4n) is 4.31. The van der Waals surface area contributed by atoms with Crippen molar-refractivity contribution in [1.29, 1.82) is 0 Å². The predicted molar refractivity (Wildman–Crippen MR) is 120 cm³/mol. The predicted octanol–water partition coefficient (Wildman–Crippen LogP) is 2.06. The van der Waals surface area contributed by atoms with Gasteiger partial charge in [0.25, 0.3) is 5.91 Å². The van der Waals surface area contributed by atoms with Crippen LogP contribution in [0.3, 0.4) is 0 Å². The van der Waals surface area contributed by atoms with Crippen LogP contribution in [0, 0.1) is 5.92 Å². The highest BCUT2D eigenvalue weighted by atomic mass is 16.5. The third-order valence-corrected chi connectivity index (χ3v) is 6.17. The summed E-state index contributed by atoms with van der Waals surface area (Å²) in [5.41, 5.74) is 1.63. The second-order valence-electron chi connectivity index (χ2n) is 8.87. The summed E-state index contributed by atoms with van der Waals surface area (Å²) in [6, 6.07) is 7.78. The van der Waals surface area contributed by atoms with Crippen molar-refractivity contribution in [3.8, 4) is 0 Å². The number of aryl methyl sites for hydroxylation is 2. The number of nitrogens with zero attached hydrogens (tertiary/aromatic N) is 4. The molecule has 1 unspecified atom stereocenters. The number of carbonyl (C=O) groups excluding carboxylic acids is 1. The number of aromatic nitrogens is 3. The van der Waals surface area contributed by atoms with E-state index in [0.717, 1.165) is 43.9 Å². The summed E-state index contributed by atoms with van der Waals surface area (Å²) in [6.45, 7) is 8.49. The molecule has 2 aromatic rings. The average molecular weight is 428 g/mol. The monoisotopic (exact) mass is 427 g/mol. The molecule has 2 aliphatic rings. The van der Waals surface area contributed by atoms with Crippen molar-refractivity contribution in [2.24, 2.45) is 5.92 Å². The molecule has 4 rings (SSSR count). The van der Waals surface area contributed by atoms with Crippen LogP contribution in [0.15, 0.2) is 29.1 Å². The molecule has 31 heavy (non-hydrogen) atoms. The first-order valence-electron chi connectivity index (χ1n) is 11.4. The van der Waals surface area contributed by atoms with Crippen LogP contribution in [0.5, 0.6) is 0 Å². The number of ether oxygens (including phenoxy) is 1. The Balaban J connectivity index is 1.41. The van der Waals surface area contributed by atoms with Crippen molar-refractivity contribution in [3.63, 3.8) is 0 Å². The molecule has 0 bridgehead atoms. The summed E-state index contributed by atoms with van der Waals surface area (Å²) in [7, 11) is 0. The topological polar surface area (TPSA) is 81.4 Å². The van der Waals surface area contributed by atoms with E-state index in [1.165, 1.54) is 0 Å². The minimum absolute atomic E-state index is 0.0236. The number of anilines is 1. The maximum absolute atomic E-state index is 13.1. The van der Waals surface area contributed by atoms with E-state index in [1.54, 1.807) is 9.25 Å². The molecule has 0 saturated carbocycles. The zero-order valence-corrected chi connectivity index (χ0v) is 18.5. The molecule has 8 nitrogen and oxygen atoms in total.